The third-order valence-electron chi connectivity index (χ3n) is 2.92. The van der Waals surface area contributed by atoms with Crippen LogP contribution in [0, 0.1) is 0 Å². The van der Waals surface area contributed by atoms with Crippen LogP contribution in [0.15, 0.2) is 18.2 Å². The molecule has 1 heterocycles. The van der Waals surface area contributed by atoms with Gasteiger partial charge in [0.05, 0.1) is 11.7 Å². The lowest BCUT2D eigenvalue weighted by Crippen LogP contribution is -2.38. The minimum absolute atomic E-state index is 0.110. The molecule has 2 N–H and O–H groups in total. The fourth-order valence-corrected chi connectivity index (χ4v) is 2.12. The van der Waals surface area contributed by atoms with E-state index < -0.39 is 0 Å². The monoisotopic (exact) mass is 248 g/mol. The number of Topliss-reactive ketones (excluding diaryl/α,β-unsaturated/α-hetero) is 1. The maximum atomic E-state index is 12.2. The van der Waals surface area contributed by atoms with Crippen LogP contribution in [-0.4, -0.2) is 31.0 Å². The van der Waals surface area contributed by atoms with E-state index in [1.165, 1.54) is 0 Å². The highest BCUT2D eigenvalue weighted by molar-refractivity contribution is 6.01. The highest BCUT2D eigenvalue weighted by Crippen LogP contribution is 2.28. The normalized spacial score (nSPS) is 15.6. The fourth-order valence-electron chi connectivity index (χ4n) is 2.12. The highest BCUT2D eigenvalue weighted by Gasteiger charge is 2.18. The Kier molecular flexibility index (Phi) is 3.87. The molecular formula is C14H20N2O2. The molecule has 4 heteroatoms. The van der Waals surface area contributed by atoms with E-state index in [0.717, 1.165) is 18.0 Å². The molecule has 18 heavy (non-hydrogen) atoms. The first-order valence-electron chi connectivity index (χ1n) is 6.39. The second-order valence-electron chi connectivity index (χ2n) is 4.89. The van der Waals surface area contributed by atoms with Crippen LogP contribution in [0.3, 0.4) is 0 Å². The number of hydrogen-bond donors (Lipinski definition) is 2. The van der Waals surface area contributed by atoms with E-state index in [0.29, 0.717) is 18.2 Å². The molecule has 0 aliphatic carbocycles. The van der Waals surface area contributed by atoms with Crippen LogP contribution < -0.4 is 15.4 Å². The number of carbonyl (C=O) groups is 1. The van der Waals surface area contributed by atoms with Crippen molar-refractivity contribution < 1.29 is 9.53 Å². The summed E-state index contributed by atoms with van der Waals surface area (Å²) >= 11 is 0. The zero-order chi connectivity index (χ0) is 13.1. The maximum Gasteiger partial charge on any atom is 0.179 e. The molecule has 0 saturated heterocycles. The highest BCUT2D eigenvalue weighted by atomic mass is 16.5. The Morgan fingerprint density at radius 3 is 2.89 bits per heavy atom. The minimum Gasteiger partial charge on any atom is -0.490 e. The molecule has 0 amide bonds. The predicted molar refractivity (Wildman–Crippen MR) is 72.5 cm³/mol. The zero-order valence-electron chi connectivity index (χ0n) is 11.1. The lowest BCUT2D eigenvalue weighted by atomic mass is 10.0. The van der Waals surface area contributed by atoms with E-state index in [1.54, 1.807) is 0 Å². The van der Waals surface area contributed by atoms with Gasteiger partial charge in [0.2, 0.25) is 0 Å². The average Bonchev–Trinajstić information content (AvgIpc) is 2.36. The Morgan fingerprint density at radius 2 is 2.17 bits per heavy atom. The molecule has 1 aromatic carbocycles. The van der Waals surface area contributed by atoms with Gasteiger partial charge >= 0.3 is 0 Å². The molecule has 0 saturated carbocycles. The average molecular weight is 248 g/mol. The number of nitrogens with one attached hydrogen (secondary N) is 2. The quantitative estimate of drug-likeness (QED) is 0.801. The number of hydrogen-bond acceptors (Lipinski definition) is 4. The topological polar surface area (TPSA) is 50.4 Å². The second-order valence-corrected chi connectivity index (χ2v) is 4.89. The molecule has 1 unspecified atom stereocenters. The molecular weight excluding hydrogens is 228 g/mol. The van der Waals surface area contributed by atoms with Gasteiger partial charge in [-0.3, -0.25) is 4.79 Å². The molecule has 4 nitrogen and oxygen atoms in total. The molecule has 0 radical (unpaired) electrons. The molecule has 98 valence electrons. The first-order chi connectivity index (χ1) is 8.58. The fraction of sp³-hybridized carbons (Fsp3) is 0.500. The van der Waals surface area contributed by atoms with Crippen molar-refractivity contribution >= 4 is 11.5 Å². The van der Waals surface area contributed by atoms with Gasteiger partial charge in [0.15, 0.2) is 5.78 Å². The molecule has 1 aliphatic heterocycles. The largest absolute Gasteiger partial charge is 0.490 e. The third-order valence-corrected chi connectivity index (χ3v) is 2.92. The molecule has 0 fully saturated rings. The Balaban J connectivity index is 2.15. The molecule has 0 spiro atoms. The Bertz CT molecular complexity index is 443. The Morgan fingerprint density at radius 1 is 1.39 bits per heavy atom. The van der Waals surface area contributed by atoms with E-state index >= 15 is 0 Å². The summed E-state index contributed by atoms with van der Waals surface area (Å²) in [6.07, 6.45) is 0. The van der Waals surface area contributed by atoms with E-state index in [9.17, 15) is 4.79 Å². The maximum absolute atomic E-state index is 12.2. The molecule has 1 atom stereocenters. The van der Waals surface area contributed by atoms with Gasteiger partial charge < -0.3 is 15.4 Å². The number of ketones is 1. The first-order valence-corrected chi connectivity index (χ1v) is 6.39. The van der Waals surface area contributed by atoms with Gasteiger partial charge in [-0.25, -0.2) is 0 Å². The van der Waals surface area contributed by atoms with Crippen LogP contribution in [0.4, 0.5) is 5.69 Å². The van der Waals surface area contributed by atoms with Crippen LogP contribution in [0.2, 0.25) is 0 Å². The Hall–Kier alpha value is -1.55. The number of fused-ring (bicyclic) bond motifs is 1. The summed E-state index contributed by atoms with van der Waals surface area (Å²) in [5.74, 6) is 0.932. The summed E-state index contributed by atoms with van der Waals surface area (Å²) in [4.78, 5) is 12.2. The summed E-state index contributed by atoms with van der Waals surface area (Å²) in [5, 5.41) is 6.46. The van der Waals surface area contributed by atoms with Gasteiger partial charge in [0.25, 0.3) is 0 Å². The predicted octanol–water partition coefficient (Wildman–Crippen LogP) is 2.06. The van der Waals surface area contributed by atoms with Crippen molar-refractivity contribution in [2.24, 2.45) is 0 Å². The molecule has 1 aromatic rings. The van der Waals surface area contributed by atoms with Crippen LogP contribution in [0.5, 0.6) is 5.75 Å². The van der Waals surface area contributed by atoms with E-state index in [-0.39, 0.29) is 11.8 Å². The van der Waals surface area contributed by atoms with Crippen molar-refractivity contribution in [2.75, 3.05) is 18.5 Å². The van der Waals surface area contributed by atoms with Crippen molar-refractivity contribution in [3.8, 4) is 5.75 Å². The number of ether oxygens (including phenoxy) is 1. The zero-order valence-corrected chi connectivity index (χ0v) is 11.1. The van der Waals surface area contributed by atoms with E-state index in [1.807, 2.05) is 39.0 Å². The van der Waals surface area contributed by atoms with E-state index in [4.69, 9.17) is 4.74 Å². The van der Waals surface area contributed by atoms with Gasteiger partial charge in [-0.05, 0) is 25.1 Å². The summed E-state index contributed by atoms with van der Waals surface area (Å²) in [6.45, 7) is 7.42. The number of carbonyl (C=O) groups excluding carboxylic acids is 1. The first kappa shape index (κ1) is 12.9. The number of benzene rings is 1. The Labute approximate surface area is 108 Å². The smallest absolute Gasteiger partial charge is 0.179 e. The van der Waals surface area contributed by atoms with Gasteiger partial charge in [0, 0.05) is 18.2 Å². The van der Waals surface area contributed by atoms with Crippen LogP contribution in [-0.2, 0) is 0 Å². The van der Waals surface area contributed by atoms with Crippen molar-refractivity contribution in [3.05, 3.63) is 23.8 Å². The van der Waals surface area contributed by atoms with Crippen molar-refractivity contribution in [1.82, 2.24) is 5.32 Å². The lowest BCUT2D eigenvalue weighted by Gasteiger charge is -2.21. The molecule has 0 bridgehead atoms. The SMILES string of the molecule is CC(C)NC(C)C(=O)c1ccc2c(c1)NCCO2. The van der Waals surface area contributed by atoms with Gasteiger partial charge in [-0.1, -0.05) is 13.8 Å². The minimum atomic E-state index is -0.174. The van der Waals surface area contributed by atoms with Gasteiger partial charge in [0.1, 0.15) is 12.4 Å². The van der Waals surface area contributed by atoms with E-state index in [2.05, 4.69) is 10.6 Å². The standard InChI is InChI=1S/C14H20N2O2/c1-9(2)16-10(3)14(17)11-4-5-13-12(8-11)15-6-7-18-13/h4-5,8-10,15-16H,6-7H2,1-3H3. The van der Waals surface area contributed by atoms with Gasteiger partial charge in [-0.15, -0.1) is 0 Å². The van der Waals surface area contributed by atoms with Crippen molar-refractivity contribution in [1.29, 1.82) is 0 Å². The summed E-state index contributed by atoms with van der Waals surface area (Å²) < 4.78 is 5.49. The summed E-state index contributed by atoms with van der Waals surface area (Å²) in [7, 11) is 0. The van der Waals surface area contributed by atoms with Crippen LogP contribution >= 0.6 is 0 Å². The number of anilines is 1. The lowest BCUT2D eigenvalue weighted by molar-refractivity contribution is 0.0946. The summed E-state index contributed by atoms with van der Waals surface area (Å²) in [6, 6.07) is 5.68. The summed E-state index contributed by atoms with van der Waals surface area (Å²) in [5.41, 5.74) is 1.62. The number of rotatable bonds is 4. The van der Waals surface area contributed by atoms with Crippen molar-refractivity contribution in [3.63, 3.8) is 0 Å². The molecule has 0 aromatic heterocycles. The molecule has 1 aliphatic rings. The third kappa shape index (κ3) is 2.82. The van der Waals surface area contributed by atoms with Crippen molar-refractivity contribution in [2.45, 2.75) is 32.9 Å². The van der Waals surface area contributed by atoms with Crippen LogP contribution in [0.1, 0.15) is 31.1 Å². The van der Waals surface area contributed by atoms with Crippen LogP contribution in [0.25, 0.3) is 0 Å². The second kappa shape index (κ2) is 5.40. The molecule has 2 rings (SSSR count). The van der Waals surface area contributed by atoms with Gasteiger partial charge in [-0.2, -0.15) is 0 Å².